The Bertz CT molecular complexity index is 1160. The molecule has 3 N–H and O–H groups in total. The highest BCUT2D eigenvalue weighted by atomic mass is 35.5. The Balaban J connectivity index is 1.62. The summed E-state index contributed by atoms with van der Waals surface area (Å²) >= 11 is 6.38. The summed E-state index contributed by atoms with van der Waals surface area (Å²) in [7, 11) is 3.08. The van der Waals surface area contributed by atoms with Gasteiger partial charge in [-0.3, -0.25) is 0 Å². The van der Waals surface area contributed by atoms with Crippen LogP contribution in [-0.4, -0.2) is 54.0 Å². The molecule has 0 bridgehead atoms. The zero-order chi connectivity index (χ0) is 23.5. The monoisotopic (exact) mass is 487 g/mol. The lowest BCUT2D eigenvalue weighted by atomic mass is 9.99. The number of ether oxygens (including phenoxy) is 1. The second kappa shape index (κ2) is 10.00. The average molecular weight is 488 g/mol. The number of hydrogen-bond acceptors (Lipinski definition) is 8. The summed E-state index contributed by atoms with van der Waals surface area (Å²) in [6, 6.07) is 9.02. The molecule has 0 fully saturated rings. The summed E-state index contributed by atoms with van der Waals surface area (Å²) in [5.74, 6) is 2.17. The molecule has 0 saturated heterocycles. The molecular formula is C23H27ClN5O3P. The zero-order valence-corrected chi connectivity index (χ0v) is 20.7. The van der Waals surface area contributed by atoms with Crippen molar-refractivity contribution in [1.82, 2.24) is 14.9 Å². The average Bonchev–Trinajstić information content (AvgIpc) is 2.77. The standard InChI is InChI=1S/C23H27ClN5O3P/c1-29-8-7-14-10-20(31-2)19(9-15(14)13-29)27-23-25-12-17(24)22(28-23)26-18-6-5-16(30)11-21(18)32-33(3)4/h5-6,9-12,30H,7-8,13H2,1-4H3,(H2,25,26,27,28). The summed E-state index contributed by atoms with van der Waals surface area (Å²) in [6.45, 7) is 5.86. The Labute approximate surface area is 199 Å². The minimum Gasteiger partial charge on any atom is -0.508 e. The SMILES string of the molecule is COc1cc2c(cc1Nc1ncc(Cl)c(Nc3ccc(O)cc3OP(C)C)n1)CN(C)CC2. The second-order valence-corrected chi connectivity index (χ2v) is 10.2. The Hall–Kier alpha value is -2.80. The number of rotatable bonds is 7. The highest BCUT2D eigenvalue weighted by Crippen LogP contribution is 2.39. The van der Waals surface area contributed by atoms with Crippen LogP contribution in [0.4, 0.5) is 23.1 Å². The van der Waals surface area contributed by atoms with Crippen molar-refractivity contribution in [2.45, 2.75) is 13.0 Å². The molecule has 33 heavy (non-hydrogen) atoms. The van der Waals surface area contributed by atoms with E-state index in [0.717, 1.165) is 30.9 Å². The van der Waals surface area contributed by atoms with Crippen LogP contribution < -0.4 is 19.9 Å². The van der Waals surface area contributed by atoms with Crippen LogP contribution in [0.5, 0.6) is 17.2 Å². The zero-order valence-electron chi connectivity index (χ0n) is 19.0. The van der Waals surface area contributed by atoms with Gasteiger partial charge in [0.05, 0.1) is 32.8 Å². The number of phenolic OH excluding ortho intramolecular Hbond substituents is 1. The lowest BCUT2D eigenvalue weighted by Crippen LogP contribution is -2.26. The van der Waals surface area contributed by atoms with Crippen LogP contribution in [0.3, 0.4) is 0 Å². The normalized spacial score (nSPS) is 13.5. The summed E-state index contributed by atoms with van der Waals surface area (Å²) in [4.78, 5) is 11.2. The van der Waals surface area contributed by atoms with Crippen LogP contribution >= 0.6 is 19.7 Å². The molecule has 2 aromatic carbocycles. The van der Waals surface area contributed by atoms with Gasteiger partial charge < -0.3 is 29.9 Å². The molecule has 0 atom stereocenters. The first-order valence-corrected chi connectivity index (χ1v) is 13.0. The van der Waals surface area contributed by atoms with Gasteiger partial charge in [0.1, 0.15) is 22.3 Å². The highest BCUT2D eigenvalue weighted by Gasteiger charge is 2.18. The molecule has 10 heteroatoms. The van der Waals surface area contributed by atoms with Crippen LogP contribution in [0.15, 0.2) is 36.5 Å². The van der Waals surface area contributed by atoms with Crippen molar-refractivity contribution < 1.29 is 14.4 Å². The lowest BCUT2D eigenvalue weighted by molar-refractivity contribution is 0.312. The Morgan fingerprint density at radius 2 is 1.91 bits per heavy atom. The predicted molar refractivity (Wildman–Crippen MR) is 134 cm³/mol. The molecule has 0 unspecified atom stereocenters. The third kappa shape index (κ3) is 5.58. The van der Waals surface area contributed by atoms with Crippen LogP contribution in [-0.2, 0) is 13.0 Å². The summed E-state index contributed by atoms with van der Waals surface area (Å²) < 4.78 is 11.5. The third-order valence-electron chi connectivity index (χ3n) is 5.21. The number of methoxy groups -OCH3 is 1. The third-order valence-corrected chi connectivity index (χ3v) is 6.05. The van der Waals surface area contributed by atoms with Crippen molar-refractivity contribution in [3.05, 3.63) is 52.7 Å². The van der Waals surface area contributed by atoms with Gasteiger partial charge in [-0.1, -0.05) is 11.6 Å². The van der Waals surface area contributed by atoms with E-state index >= 15 is 0 Å². The van der Waals surface area contributed by atoms with Gasteiger partial charge in [0.15, 0.2) is 5.82 Å². The fraction of sp³-hybridized carbons (Fsp3) is 0.304. The second-order valence-electron chi connectivity index (χ2n) is 8.03. The molecule has 0 spiro atoms. The van der Waals surface area contributed by atoms with Crippen LogP contribution in [0.25, 0.3) is 0 Å². The van der Waals surface area contributed by atoms with Crippen molar-refractivity contribution in [2.75, 3.05) is 44.7 Å². The maximum absolute atomic E-state index is 9.85. The smallest absolute Gasteiger partial charge is 0.229 e. The van der Waals surface area contributed by atoms with Gasteiger partial charge in [0.2, 0.25) is 5.95 Å². The number of aromatic hydroxyl groups is 1. The number of anilines is 4. The van der Waals surface area contributed by atoms with E-state index in [1.54, 1.807) is 25.3 Å². The molecule has 0 amide bonds. The Morgan fingerprint density at radius 1 is 1.09 bits per heavy atom. The molecule has 4 rings (SSSR count). The molecule has 1 aliphatic rings. The van der Waals surface area contributed by atoms with Gasteiger partial charge >= 0.3 is 0 Å². The number of fused-ring (bicyclic) bond motifs is 1. The fourth-order valence-electron chi connectivity index (χ4n) is 3.64. The number of aromatic nitrogens is 2. The number of likely N-dealkylation sites (N-methyl/N-ethyl adjacent to an activating group) is 1. The molecular weight excluding hydrogens is 461 g/mol. The first-order chi connectivity index (χ1) is 15.8. The summed E-state index contributed by atoms with van der Waals surface area (Å²) in [5, 5.41) is 16.7. The number of nitrogens with zero attached hydrogens (tertiary/aromatic N) is 3. The quantitative estimate of drug-likeness (QED) is 0.303. The number of phenols is 1. The maximum atomic E-state index is 9.85. The molecule has 174 valence electrons. The Kier molecular flexibility index (Phi) is 7.08. The van der Waals surface area contributed by atoms with E-state index in [9.17, 15) is 5.11 Å². The lowest BCUT2D eigenvalue weighted by Gasteiger charge is -2.26. The molecule has 0 aliphatic carbocycles. The first kappa shape index (κ1) is 23.4. The van der Waals surface area contributed by atoms with Crippen molar-refractivity contribution in [3.8, 4) is 17.2 Å². The van der Waals surface area contributed by atoms with E-state index in [0.29, 0.717) is 28.2 Å². The van der Waals surface area contributed by atoms with Crippen molar-refractivity contribution in [1.29, 1.82) is 0 Å². The van der Waals surface area contributed by atoms with Gasteiger partial charge in [-0.15, -0.1) is 0 Å². The topological polar surface area (TPSA) is 91.8 Å². The molecule has 8 nitrogen and oxygen atoms in total. The van der Waals surface area contributed by atoms with E-state index < -0.39 is 8.15 Å². The van der Waals surface area contributed by atoms with E-state index in [2.05, 4.69) is 44.7 Å². The van der Waals surface area contributed by atoms with E-state index in [4.69, 9.17) is 20.9 Å². The van der Waals surface area contributed by atoms with E-state index in [-0.39, 0.29) is 5.75 Å². The Morgan fingerprint density at radius 3 is 2.67 bits per heavy atom. The fourth-order valence-corrected chi connectivity index (χ4v) is 4.33. The van der Waals surface area contributed by atoms with Crippen molar-refractivity contribution in [2.24, 2.45) is 0 Å². The molecule has 1 aliphatic heterocycles. The van der Waals surface area contributed by atoms with Gasteiger partial charge in [-0.25, -0.2) is 4.98 Å². The molecule has 1 aromatic heterocycles. The molecule has 3 aromatic rings. The summed E-state index contributed by atoms with van der Waals surface area (Å²) in [6.07, 6.45) is 2.52. The summed E-state index contributed by atoms with van der Waals surface area (Å²) in [5.41, 5.74) is 3.98. The predicted octanol–water partition coefficient (Wildman–Crippen LogP) is 5.35. The number of benzene rings is 2. The van der Waals surface area contributed by atoms with Crippen LogP contribution in [0.2, 0.25) is 5.02 Å². The maximum Gasteiger partial charge on any atom is 0.229 e. The van der Waals surface area contributed by atoms with Gasteiger partial charge in [0, 0.05) is 19.2 Å². The minimum absolute atomic E-state index is 0.119. The number of halogens is 1. The minimum atomic E-state index is -0.687. The largest absolute Gasteiger partial charge is 0.508 e. The number of hydrogen-bond donors (Lipinski definition) is 3. The van der Waals surface area contributed by atoms with E-state index in [1.807, 2.05) is 13.3 Å². The van der Waals surface area contributed by atoms with Crippen LogP contribution in [0, 0.1) is 0 Å². The van der Waals surface area contributed by atoms with Gasteiger partial charge in [-0.05, 0) is 62.2 Å². The van der Waals surface area contributed by atoms with E-state index in [1.165, 1.54) is 17.3 Å². The van der Waals surface area contributed by atoms with Crippen molar-refractivity contribution in [3.63, 3.8) is 0 Å². The number of nitrogens with one attached hydrogen (secondary N) is 2. The molecule has 0 saturated carbocycles. The molecule has 0 radical (unpaired) electrons. The van der Waals surface area contributed by atoms with Gasteiger partial charge in [0.25, 0.3) is 0 Å². The van der Waals surface area contributed by atoms with Crippen LogP contribution in [0.1, 0.15) is 11.1 Å². The first-order valence-electron chi connectivity index (χ1n) is 10.5. The highest BCUT2D eigenvalue weighted by molar-refractivity contribution is 7.51. The van der Waals surface area contributed by atoms with Gasteiger partial charge in [-0.2, -0.15) is 4.98 Å². The van der Waals surface area contributed by atoms with Crippen molar-refractivity contribution >= 4 is 42.9 Å². The molecule has 2 heterocycles.